The predicted molar refractivity (Wildman–Crippen MR) is 57.8 cm³/mol. The van der Waals surface area contributed by atoms with E-state index in [2.05, 4.69) is 5.32 Å². The number of hydrogen-bond acceptors (Lipinski definition) is 4. The largest absolute Gasteiger partial charge is 0.459 e. The molecular formula is C11H18N2O3. The molecule has 2 saturated heterocycles. The van der Waals surface area contributed by atoms with Crippen molar-refractivity contribution in [1.29, 1.82) is 0 Å². The average molecular weight is 226 g/mol. The summed E-state index contributed by atoms with van der Waals surface area (Å²) in [4.78, 5) is 24.9. The number of carbonyl (C=O) groups excluding carboxylic acids is 2. The first kappa shape index (κ1) is 11.4. The summed E-state index contributed by atoms with van der Waals surface area (Å²) < 4.78 is 4.75. The van der Waals surface area contributed by atoms with Crippen LogP contribution in [-0.2, 0) is 14.3 Å². The molecule has 2 atom stereocenters. The highest BCUT2D eigenvalue weighted by Crippen LogP contribution is 2.25. The average Bonchev–Trinajstić information content (AvgIpc) is 2.72. The summed E-state index contributed by atoms with van der Waals surface area (Å²) in [5.41, 5.74) is 0. The monoisotopic (exact) mass is 226 g/mol. The third kappa shape index (κ3) is 2.04. The van der Waals surface area contributed by atoms with Gasteiger partial charge in [0.05, 0.1) is 6.61 Å². The van der Waals surface area contributed by atoms with E-state index in [-0.39, 0.29) is 12.6 Å². The first-order valence-electron chi connectivity index (χ1n) is 5.95. The van der Waals surface area contributed by atoms with Crippen molar-refractivity contribution in [2.24, 2.45) is 0 Å². The van der Waals surface area contributed by atoms with Gasteiger partial charge in [-0.05, 0) is 32.7 Å². The number of likely N-dealkylation sites (tertiary alicyclic amines) is 1. The maximum Gasteiger partial charge on any atom is 0.397 e. The standard InChI is InChI=1S/C11H18N2O3/c1-2-16-11(15)10(14)13-7-5-8-9(13)4-3-6-12-8/h8-9,12H,2-7H2,1H3. The molecule has 0 spiro atoms. The van der Waals surface area contributed by atoms with Crippen LogP contribution in [0.4, 0.5) is 0 Å². The zero-order valence-electron chi connectivity index (χ0n) is 9.57. The van der Waals surface area contributed by atoms with E-state index in [1.54, 1.807) is 11.8 Å². The SMILES string of the molecule is CCOC(=O)C(=O)N1CCC2NCCCC21. The van der Waals surface area contributed by atoms with E-state index in [4.69, 9.17) is 4.74 Å². The molecule has 90 valence electrons. The van der Waals surface area contributed by atoms with Crippen LogP contribution in [-0.4, -0.2) is 48.6 Å². The van der Waals surface area contributed by atoms with Gasteiger partial charge in [0.15, 0.2) is 0 Å². The molecule has 0 bridgehead atoms. The second-order valence-corrected chi connectivity index (χ2v) is 4.28. The Balaban J connectivity index is 1.99. The maximum atomic E-state index is 11.8. The molecule has 2 heterocycles. The lowest BCUT2D eigenvalue weighted by Crippen LogP contribution is -2.50. The number of nitrogens with one attached hydrogen (secondary N) is 1. The van der Waals surface area contributed by atoms with E-state index in [0.29, 0.717) is 12.6 Å². The van der Waals surface area contributed by atoms with Gasteiger partial charge in [0, 0.05) is 18.6 Å². The Bertz CT molecular complexity index is 293. The summed E-state index contributed by atoms with van der Waals surface area (Å²) in [5, 5.41) is 3.39. The van der Waals surface area contributed by atoms with Gasteiger partial charge in [-0.3, -0.25) is 4.79 Å². The van der Waals surface area contributed by atoms with Crippen molar-refractivity contribution < 1.29 is 14.3 Å². The topological polar surface area (TPSA) is 58.6 Å². The zero-order valence-corrected chi connectivity index (χ0v) is 9.57. The third-order valence-corrected chi connectivity index (χ3v) is 3.34. The Kier molecular flexibility index (Phi) is 3.43. The fraction of sp³-hybridized carbons (Fsp3) is 0.818. The first-order valence-corrected chi connectivity index (χ1v) is 5.95. The smallest absolute Gasteiger partial charge is 0.397 e. The zero-order chi connectivity index (χ0) is 11.5. The number of hydrogen-bond donors (Lipinski definition) is 1. The van der Waals surface area contributed by atoms with Gasteiger partial charge in [0.2, 0.25) is 0 Å². The quantitative estimate of drug-likeness (QED) is 0.501. The van der Waals surface area contributed by atoms with Gasteiger partial charge in [-0.15, -0.1) is 0 Å². The van der Waals surface area contributed by atoms with E-state index >= 15 is 0 Å². The highest BCUT2D eigenvalue weighted by molar-refractivity contribution is 6.32. The maximum absolute atomic E-state index is 11.8. The summed E-state index contributed by atoms with van der Waals surface area (Å²) in [6.45, 7) is 3.65. The van der Waals surface area contributed by atoms with Crippen molar-refractivity contribution in [3.05, 3.63) is 0 Å². The molecule has 2 rings (SSSR count). The summed E-state index contributed by atoms with van der Waals surface area (Å²) in [7, 11) is 0. The molecular weight excluding hydrogens is 208 g/mol. The second-order valence-electron chi connectivity index (χ2n) is 4.28. The minimum atomic E-state index is -0.714. The molecule has 2 aliphatic heterocycles. The summed E-state index contributed by atoms with van der Waals surface area (Å²) in [6, 6.07) is 0.554. The summed E-state index contributed by atoms with van der Waals surface area (Å²) >= 11 is 0. The van der Waals surface area contributed by atoms with E-state index in [1.165, 1.54) is 0 Å². The molecule has 0 aromatic heterocycles. The van der Waals surface area contributed by atoms with Crippen LogP contribution in [0.15, 0.2) is 0 Å². The minimum Gasteiger partial charge on any atom is -0.459 e. The fourth-order valence-electron chi connectivity index (χ4n) is 2.61. The highest BCUT2D eigenvalue weighted by Gasteiger charge is 2.40. The van der Waals surface area contributed by atoms with Crippen LogP contribution in [0, 0.1) is 0 Å². The van der Waals surface area contributed by atoms with Crippen molar-refractivity contribution in [1.82, 2.24) is 10.2 Å². The predicted octanol–water partition coefficient (Wildman–Crippen LogP) is -0.0976. The van der Waals surface area contributed by atoms with Gasteiger partial charge in [-0.25, -0.2) is 4.79 Å². The summed E-state index contributed by atoms with van der Waals surface area (Å²) in [5.74, 6) is -1.19. The second kappa shape index (κ2) is 4.82. The van der Waals surface area contributed by atoms with E-state index in [1.807, 2.05) is 0 Å². The lowest BCUT2D eigenvalue weighted by atomic mass is 9.99. The normalized spacial score (nSPS) is 28.7. The van der Waals surface area contributed by atoms with Gasteiger partial charge in [-0.1, -0.05) is 0 Å². The molecule has 0 radical (unpaired) electrons. The van der Waals surface area contributed by atoms with Crippen molar-refractivity contribution in [2.45, 2.75) is 38.3 Å². The Labute approximate surface area is 95.1 Å². The van der Waals surface area contributed by atoms with E-state index in [0.717, 1.165) is 25.8 Å². The van der Waals surface area contributed by atoms with Crippen molar-refractivity contribution >= 4 is 11.9 Å². The first-order chi connectivity index (χ1) is 7.74. The Morgan fingerprint density at radius 1 is 1.44 bits per heavy atom. The lowest BCUT2D eigenvalue weighted by Gasteiger charge is -2.31. The van der Waals surface area contributed by atoms with Crippen LogP contribution < -0.4 is 5.32 Å². The Hall–Kier alpha value is -1.10. The molecule has 0 aliphatic carbocycles. The van der Waals surface area contributed by atoms with Crippen LogP contribution >= 0.6 is 0 Å². The fourth-order valence-corrected chi connectivity index (χ4v) is 2.61. The molecule has 1 N–H and O–H groups in total. The van der Waals surface area contributed by atoms with Gasteiger partial charge < -0.3 is 15.0 Å². The van der Waals surface area contributed by atoms with Gasteiger partial charge in [0.1, 0.15) is 0 Å². The third-order valence-electron chi connectivity index (χ3n) is 3.34. The number of ether oxygens (including phenoxy) is 1. The van der Waals surface area contributed by atoms with Crippen molar-refractivity contribution in [3.63, 3.8) is 0 Å². The summed E-state index contributed by atoms with van der Waals surface area (Å²) in [6.07, 6.45) is 2.99. The van der Waals surface area contributed by atoms with E-state index in [9.17, 15) is 9.59 Å². The molecule has 1 amide bonds. The van der Waals surface area contributed by atoms with Crippen LogP contribution in [0.3, 0.4) is 0 Å². The molecule has 2 unspecified atom stereocenters. The molecule has 0 aromatic rings. The molecule has 5 nitrogen and oxygen atoms in total. The van der Waals surface area contributed by atoms with Crippen molar-refractivity contribution in [3.8, 4) is 0 Å². The minimum absolute atomic E-state index is 0.186. The lowest BCUT2D eigenvalue weighted by molar-refractivity contribution is -0.160. The van der Waals surface area contributed by atoms with Gasteiger partial charge in [-0.2, -0.15) is 0 Å². The number of fused-ring (bicyclic) bond motifs is 1. The molecule has 0 aromatic carbocycles. The number of esters is 1. The number of carbonyl (C=O) groups is 2. The molecule has 16 heavy (non-hydrogen) atoms. The molecule has 0 saturated carbocycles. The number of rotatable bonds is 1. The number of piperidine rings is 1. The number of amides is 1. The Morgan fingerprint density at radius 3 is 3.00 bits per heavy atom. The molecule has 2 fully saturated rings. The number of nitrogens with zero attached hydrogens (tertiary/aromatic N) is 1. The van der Waals surface area contributed by atoms with Gasteiger partial charge >= 0.3 is 11.9 Å². The van der Waals surface area contributed by atoms with Gasteiger partial charge in [0.25, 0.3) is 0 Å². The highest BCUT2D eigenvalue weighted by atomic mass is 16.5. The van der Waals surface area contributed by atoms with Crippen LogP contribution in [0.25, 0.3) is 0 Å². The Morgan fingerprint density at radius 2 is 2.25 bits per heavy atom. The molecule has 2 aliphatic rings. The van der Waals surface area contributed by atoms with Crippen LogP contribution in [0.5, 0.6) is 0 Å². The van der Waals surface area contributed by atoms with Crippen LogP contribution in [0.2, 0.25) is 0 Å². The van der Waals surface area contributed by atoms with E-state index < -0.39 is 11.9 Å². The van der Waals surface area contributed by atoms with Crippen LogP contribution in [0.1, 0.15) is 26.2 Å². The van der Waals surface area contributed by atoms with Crippen molar-refractivity contribution in [2.75, 3.05) is 19.7 Å². The molecule has 5 heteroatoms.